The fourth-order valence-electron chi connectivity index (χ4n) is 2.86. The molecule has 0 aromatic heterocycles. The Morgan fingerprint density at radius 1 is 1.46 bits per heavy atom. The maximum Gasteiger partial charge on any atom is 0.293 e. The lowest BCUT2D eigenvalue weighted by molar-refractivity contribution is -0.384. The minimum Gasteiger partial charge on any atom is -0.379 e. The van der Waals surface area contributed by atoms with Crippen LogP contribution in [0.25, 0.3) is 0 Å². The first-order chi connectivity index (χ1) is 12.2. The van der Waals surface area contributed by atoms with Crippen LogP contribution in [0.1, 0.15) is 26.2 Å². The SMILES string of the molecule is CC1CC(NC(=O)CCNc2ccc(S(N)(=O)=O)cc2[N+](=O)[O-])CCN1. The van der Waals surface area contributed by atoms with Gasteiger partial charge in [0.1, 0.15) is 5.69 Å². The molecule has 1 aliphatic heterocycles. The van der Waals surface area contributed by atoms with Gasteiger partial charge < -0.3 is 16.0 Å². The molecule has 2 unspecified atom stereocenters. The summed E-state index contributed by atoms with van der Waals surface area (Å²) in [6.45, 7) is 3.10. The summed E-state index contributed by atoms with van der Waals surface area (Å²) in [7, 11) is -4.03. The Hall–Kier alpha value is -2.24. The van der Waals surface area contributed by atoms with Crippen LogP contribution in [0.4, 0.5) is 11.4 Å². The Morgan fingerprint density at radius 3 is 2.81 bits per heavy atom. The first kappa shape index (κ1) is 20.1. The second kappa shape index (κ2) is 8.43. The average molecular weight is 385 g/mol. The topological polar surface area (TPSA) is 156 Å². The van der Waals surface area contributed by atoms with Crippen LogP contribution in [0.3, 0.4) is 0 Å². The second-order valence-corrected chi connectivity index (χ2v) is 7.86. The Labute approximate surface area is 151 Å². The van der Waals surface area contributed by atoms with E-state index in [9.17, 15) is 23.3 Å². The monoisotopic (exact) mass is 385 g/mol. The summed E-state index contributed by atoms with van der Waals surface area (Å²) in [5.41, 5.74) is -0.283. The van der Waals surface area contributed by atoms with Gasteiger partial charge in [-0.1, -0.05) is 0 Å². The van der Waals surface area contributed by atoms with Gasteiger partial charge in [0.25, 0.3) is 5.69 Å². The van der Waals surface area contributed by atoms with Crippen LogP contribution in [0.5, 0.6) is 0 Å². The molecule has 10 nitrogen and oxygen atoms in total. The van der Waals surface area contributed by atoms with E-state index in [1.807, 2.05) is 0 Å². The normalized spacial score (nSPS) is 20.4. The van der Waals surface area contributed by atoms with E-state index < -0.39 is 20.6 Å². The molecular weight excluding hydrogens is 362 g/mol. The van der Waals surface area contributed by atoms with Crippen molar-refractivity contribution < 1.29 is 18.1 Å². The van der Waals surface area contributed by atoms with E-state index in [2.05, 4.69) is 22.9 Å². The number of nitro groups is 1. The lowest BCUT2D eigenvalue weighted by atomic mass is 10.0. The van der Waals surface area contributed by atoms with Crippen LogP contribution >= 0.6 is 0 Å². The largest absolute Gasteiger partial charge is 0.379 e. The van der Waals surface area contributed by atoms with Crippen molar-refractivity contribution in [1.29, 1.82) is 0 Å². The number of benzene rings is 1. The Kier molecular flexibility index (Phi) is 6.51. The number of nitrogens with two attached hydrogens (primary N) is 1. The highest BCUT2D eigenvalue weighted by atomic mass is 32.2. The molecule has 0 radical (unpaired) electrons. The number of primary sulfonamides is 1. The van der Waals surface area contributed by atoms with Gasteiger partial charge in [0.15, 0.2) is 0 Å². The Bertz CT molecular complexity index is 783. The summed E-state index contributed by atoms with van der Waals surface area (Å²) in [6.07, 6.45) is 1.87. The molecule has 0 bridgehead atoms. The number of rotatable bonds is 7. The molecule has 1 amide bonds. The fraction of sp³-hybridized carbons (Fsp3) is 0.533. The number of nitrogens with zero attached hydrogens (tertiary/aromatic N) is 1. The molecule has 1 heterocycles. The first-order valence-electron chi connectivity index (χ1n) is 8.24. The number of anilines is 1. The number of carbonyl (C=O) groups excluding carboxylic acids is 1. The number of hydrogen-bond acceptors (Lipinski definition) is 7. The summed E-state index contributed by atoms with van der Waals surface area (Å²) in [5, 5.41) is 25.2. The number of carbonyl (C=O) groups is 1. The van der Waals surface area contributed by atoms with Crippen LogP contribution in [0.15, 0.2) is 23.1 Å². The van der Waals surface area contributed by atoms with Crippen molar-refractivity contribution in [2.24, 2.45) is 5.14 Å². The van der Waals surface area contributed by atoms with E-state index in [1.54, 1.807) is 0 Å². The summed E-state index contributed by atoms with van der Waals surface area (Å²) < 4.78 is 22.6. The van der Waals surface area contributed by atoms with Crippen LogP contribution < -0.4 is 21.1 Å². The van der Waals surface area contributed by atoms with Crippen molar-refractivity contribution in [1.82, 2.24) is 10.6 Å². The van der Waals surface area contributed by atoms with Crippen molar-refractivity contribution in [2.45, 2.75) is 43.2 Å². The summed E-state index contributed by atoms with van der Waals surface area (Å²) in [5.74, 6) is -0.139. The lowest BCUT2D eigenvalue weighted by Gasteiger charge is -2.28. The molecule has 0 saturated carbocycles. The van der Waals surface area contributed by atoms with E-state index in [0.29, 0.717) is 6.04 Å². The minimum absolute atomic E-state index is 0.127. The molecule has 2 atom stereocenters. The van der Waals surface area contributed by atoms with Crippen LogP contribution in [-0.2, 0) is 14.8 Å². The predicted octanol–water partition coefficient (Wildman–Crippen LogP) is 0.301. The van der Waals surface area contributed by atoms with E-state index in [0.717, 1.165) is 25.5 Å². The van der Waals surface area contributed by atoms with E-state index >= 15 is 0 Å². The van der Waals surface area contributed by atoms with Gasteiger partial charge in [-0.3, -0.25) is 14.9 Å². The molecule has 1 fully saturated rings. The number of piperidine rings is 1. The van der Waals surface area contributed by atoms with Crippen molar-refractivity contribution in [3.8, 4) is 0 Å². The van der Waals surface area contributed by atoms with Crippen molar-refractivity contribution in [3.63, 3.8) is 0 Å². The van der Waals surface area contributed by atoms with Crippen LogP contribution in [0, 0.1) is 10.1 Å². The van der Waals surface area contributed by atoms with Crippen molar-refractivity contribution in [3.05, 3.63) is 28.3 Å². The molecule has 1 aromatic carbocycles. The van der Waals surface area contributed by atoms with Gasteiger partial charge in [-0.25, -0.2) is 13.6 Å². The minimum atomic E-state index is -4.03. The zero-order chi connectivity index (χ0) is 19.3. The zero-order valence-electron chi connectivity index (χ0n) is 14.4. The molecule has 5 N–H and O–H groups in total. The quantitative estimate of drug-likeness (QED) is 0.388. The zero-order valence-corrected chi connectivity index (χ0v) is 15.2. The van der Waals surface area contributed by atoms with Gasteiger partial charge in [-0.2, -0.15) is 0 Å². The second-order valence-electron chi connectivity index (χ2n) is 6.30. The molecule has 2 rings (SSSR count). The first-order valence-corrected chi connectivity index (χ1v) is 9.79. The molecule has 0 aliphatic carbocycles. The smallest absolute Gasteiger partial charge is 0.293 e. The van der Waals surface area contributed by atoms with E-state index in [1.165, 1.54) is 12.1 Å². The summed E-state index contributed by atoms with van der Waals surface area (Å²) in [6, 6.07) is 3.83. The van der Waals surface area contributed by atoms with Gasteiger partial charge in [0.2, 0.25) is 15.9 Å². The molecule has 0 spiro atoms. The van der Waals surface area contributed by atoms with Crippen LogP contribution in [-0.4, -0.2) is 44.4 Å². The number of nitrogens with one attached hydrogen (secondary N) is 3. The molecule has 144 valence electrons. The maximum absolute atomic E-state index is 12.0. The van der Waals surface area contributed by atoms with Crippen LogP contribution in [0.2, 0.25) is 0 Å². The molecular formula is C15H23N5O5S. The van der Waals surface area contributed by atoms with Gasteiger partial charge in [0.05, 0.1) is 9.82 Å². The molecule has 1 aliphatic rings. The third kappa shape index (κ3) is 5.64. The van der Waals surface area contributed by atoms with Gasteiger partial charge in [0, 0.05) is 31.1 Å². The number of hydrogen-bond donors (Lipinski definition) is 4. The number of amides is 1. The maximum atomic E-state index is 12.0. The summed E-state index contributed by atoms with van der Waals surface area (Å²) >= 11 is 0. The number of nitro benzene ring substituents is 1. The Morgan fingerprint density at radius 2 is 2.19 bits per heavy atom. The molecule has 26 heavy (non-hydrogen) atoms. The Balaban J connectivity index is 1.92. The van der Waals surface area contributed by atoms with Crippen molar-refractivity contribution in [2.75, 3.05) is 18.4 Å². The third-order valence-electron chi connectivity index (χ3n) is 4.15. The molecule has 1 saturated heterocycles. The highest BCUT2D eigenvalue weighted by Crippen LogP contribution is 2.27. The van der Waals surface area contributed by atoms with E-state index in [4.69, 9.17) is 5.14 Å². The highest BCUT2D eigenvalue weighted by Gasteiger charge is 2.21. The van der Waals surface area contributed by atoms with Gasteiger partial charge >= 0.3 is 0 Å². The van der Waals surface area contributed by atoms with E-state index in [-0.39, 0.29) is 35.5 Å². The fourth-order valence-corrected chi connectivity index (χ4v) is 3.40. The third-order valence-corrected chi connectivity index (χ3v) is 5.06. The number of sulfonamides is 1. The predicted molar refractivity (Wildman–Crippen MR) is 96.2 cm³/mol. The molecule has 11 heteroatoms. The average Bonchev–Trinajstić information content (AvgIpc) is 2.53. The summed E-state index contributed by atoms with van der Waals surface area (Å²) in [4.78, 5) is 22.1. The van der Waals surface area contributed by atoms with Gasteiger partial charge in [-0.05, 0) is 38.4 Å². The van der Waals surface area contributed by atoms with Crippen molar-refractivity contribution >= 4 is 27.3 Å². The highest BCUT2D eigenvalue weighted by molar-refractivity contribution is 7.89. The van der Waals surface area contributed by atoms with Gasteiger partial charge in [-0.15, -0.1) is 0 Å². The lowest BCUT2D eigenvalue weighted by Crippen LogP contribution is -2.46. The molecule has 1 aromatic rings. The standard InChI is InChI=1S/C15H23N5O5S/c1-10-8-11(4-6-17-10)19-15(21)5-7-18-13-3-2-12(26(16,24)25)9-14(13)20(22)23/h2-3,9-11,17-18H,4-8H2,1H3,(H,19,21)(H2,16,24,25).